The topological polar surface area (TPSA) is 81.1 Å². The van der Waals surface area contributed by atoms with Gasteiger partial charge in [-0.1, -0.05) is 96.8 Å². The van der Waals surface area contributed by atoms with Gasteiger partial charge in [-0.05, 0) is 32.4 Å². The summed E-state index contributed by atoms with van der Waals surface area (Å²) in [5.41, 5.74) is 10.7. The molecule has 0 aromatic heterocycles. The first-order valence-corrected chi connectivity index (χ1v) is 11.4. The van der Waals surface area contributed by atoms with Crippen LogP contribution in [0.5, 0.6) is 0 Å². The smallest absolute Gasteiger partial charge is 0.234 e. The molecule has 0 rings (SSSR count). The number of rotatable bonds is 21. The minimum atomic E-state index is -0.471. The van der Waals surface area contributed by atoms with Gasteiger partial charge in [0, 0.05) is 0 Å². The van der Waals surface area contributed by atoms with Crippen LogP contribution in [-0.2, 0) is 4.79 Å². The van der Waals surface area contributed by atoms with Crippen LogP contribution in [0, 0.1) is 0 Å². The molecule has 0 unspecified atom stereocenters. The van der Waals surface area contributed by atoms with E-state index in [4.69, 9.17) is 11.5 Å². The maximum atomic E-state index is 10.8. The lowest BCUT2D eigenvalue weighted by Crippen LogP contribution is -2.36. The van der Waals surface area contributed by atoms with Crippen molar-refractivity contribution in [3.63, 3.8) is 0 Å². The van der Waals surface area contributed by atoms with Crippen molar-refractivity contribution in [1.82, 2.24) is 5.32 Å². The Balaban J connectivity index is 3.04. The molecule has 0 saturated heterocycles. The van der Waals surface area contributed by atoms with Crippen molar-refractivity contribution in [2.75, 3.05) is 13.1 Å². The zero-order chi connectivity index (χ0) is 19.3. The molecule has 0 heterocycles. The van der Waals surface area contributed by atoms with E-state index in [1.54, 1.807) is 0 Å². The van der Waals surface area contributed by atoms with E-state index in [0.717, 1.165) is 25.9 Å². The predicted octanol–water partition coefficient (Wildman–Crippen LogP) is 5.04. The number of nitrogens with two attached hydrogens (primary N) is 2. The van der Waals surface area contributed by atoms with E-state index in [9.17, 15) is 4.79 Å². The first kappa shape index (κ1) is 25.4. The minimum Gasteiger partial charge on any atom is -0.368 e. The molecular formula is C22H47N3O. The Morgan fingerprint density at radius 2 is 1.08 bits per heavy atom. The van der Waals surface area contributed by atoms with E-state index >= 15 is 0 Å². The summed E-state index contributed by atoms with van der Waals surface area (Å²) >= 11 is 0. The van der Waals surface area contributed by atoms with Crippen LogP contribution in [0.4, 0.5) is 0 Å². The lowest BCUT2D eigenvalue weighted by Gasteiger charge is -2.08. The molecule has 0 saturated carbocycles. The van der Waals surface area contributed by atoms with Gasteiger partial charge in [0.25, 0.3) is 0 Å². The van der Waals surface area contributed by atoms with Crippen molar-refractivity contribution in [1.29, 1.82) is 0 Å². The molecule has 0 aliphatic heterocycles. The first-order valence-electron chi connectivity index (χ1n) is 11.4. The highest BCUT2D eigenvalue weighted by Gasteiger charge is 2.07. The predicted molar refractivity (Wildman–Crippen MR) is 114 cm³/mol. The molecule has 0 aliphatic carbocycles. The van der Waals surface area contributed by atoms with Crippen LogP contribution >= 0.6 is 0 Å². The van der Waals surface area contributed by atoms with Gasteiger partial charge < -0.3 is 16.8 Å². The maximum Gasteiger partial charge on any atom is 0.234 e. The average molecular weight is 370 g/mol. The van der Waals surface area contributed by atoms with Crippen LogP contribution in [0.15, 0.2) is 0 Å². The van der Waals surface area contributed by atoms with Crippen molar-refractivity contribution in [2.45, 2.75) is 122 Å². The van der Waals surface area contributed by atoms with E-state index in [2.05, 4.69) is 12.2 Å². The number of primary amides is 1. The monoisotopic (exact) mass is 369 g/mol. The Bertz CT molecular complexity index is 297. The third-order valence-corrected chi connectivity index (χ3v) is 5.19. The van der Waals surface area contributed by atoms with Crippen molar-refractivity contribution in [3.8, 4) is 0 Å². The number of hydrogen-bond donors (Lipinski definition) is 3. The van der Waals surface area contributed by atoms with E-state index in [0.29, 0.717) is 6.42 Å². The summed E-state index contributed by atoms with van der Waals surface area (Å²) in [6, 6.07) is -0.471. The molecule has 156 valence electrons. The number of amides is 1. The highest BCUT2D eigenvalue weighted by molar-refractivity contribution is 5.79. The Morgan fingerprint density at radius 3 is 1.50 bits per heavy atom. The van der Waals surface area contributed by atoms with Gasteiger partial charge in [0.05, 0.1) is 6.04 Å². The highest BCUT2D eigenvalue weighted by atomic mass is 16.1. The number of nitrogens with one attached hydrogen (secondary N) is 1. The maximum absolute atomic E-state index is 10.8. The van der Waals surface area contributed by atoms with Crippen LogP contribution in [-0.4, -0.2) is 25.0 Å². The molecule has 0 fully saturated rings. The Morgan fingerprint density at radius 1 is 0.692 bits per heavy atom. The second-order valence-corrected chi connectivity index (χ2v) is 7.85. The molecule has 1 atom stereocenters. The van der Waals surface area contributed by atoms with Crippen LogP contribution in [0.3, 0.4) is 0 Å². The standard InChI is InChI=1S/C22H47N3O/c1-2-3-4-5-6-7-8-9-10-11-12-13-14-16-19-25-20-17-15-18-21(23)22(24)26/h21,25H,2-20,23H2,1H3,(H2,24,26)/t21-/m0/s1. The molecule has 4 heteroatoms. The van der Waals surface area contributed by atoms with Gasteiger partial charge in [-0.2, -0.15) is 0 Å². The first-order chi connectivity index (χ1) is 12.7. The Labute approximate surface area is 163 Å². The Hall–Kier alpha value is -0.610. The largest absolute Gasteiger partial charge is 0.368 e. The molecule has 0 spiro atoms. The molecule has 0 aromatic rings. The molecule has 26 heavy (non-hydrogen) atoms. The van der Waals surface area contributed by atoms with Crippen molar-refractivity contribution < 1.29 is 4.79 Å². The normalized spacial score (nSPS) is 12.4. The molecule has 0 aliphatic rings. The van der Waals surface area contributed by atoms with E-state index in [1.807, 2.05) is 0 Å². The zero-order valence-electron chi connectivity index (χ0n) is 17.6. The molecule has 1 amide bonds. The molecule has 5 N–H and O–H groups in total. The van der Waals surface area contributed by atoms with Gasteiger partial charge in [0.2, 0.25) is 5.91 Å². The molecule has 0 radical (unpaired) electrons. The van der Waals surface area contributed by atoms with Crippen LogP contribution in [0.25, 0.3) is 0 Å². The summed E-state index contributed by atoms with van der Waals surface area (Å²) in [6.45, 7) is 4.41. The third-order valence-electron chi connectivity index (χ3n) is 5.19. The quantitative estimate of drug-likeness (QED) is 0.248. The third kappa shape index (κ3) is 19.7. The van der Waals surface area contributed by atoms with Gasteiger partial charge in [0.15, 0.2) is 0 Å². The number of hydrogen-bond acceptors (Lipinski definition) is 3. The number of carbonyl (C=O) groups excluding carboxylic acids is 1. The summed E-state index contributed by atoms with van der Waals surface area (Å²) in [7, 11) is 0. The van der Waals surface area contributed by atoms with Gasteiger partial charge in [0.1, 0.15) is 0 Å². The zero-order valence-corrected chi connectivity index (χ0v) is 17.6. The van der Waals surface area contributed by atoms with Gasteiger partial charge in [-0.15, -0.1) is 0 Å². The molecule has 0 aromatic carbocycles. The van der Waals surface area contributed by atoms with Crippen LogP contribution in [0.1, 0.15) is 116 Å². The van der Waals surface area contributed by atoms with Crippen LogP contribution < -0.4 is 16.8 Å². The number of unbranched alkanes of at least 4 members (excludes halogenated alkanes) is 14. The van der Waals surface area contributed by atoms with Gasteiger partial charge in [-0.25, -0.2) is 0 Å². The summed E-state index contributed by atoms with van der Waals surface area (Å²) < 4.78 is 0. The average Bonchev–Trinajstić information content (AvgIpc) is 2.63. The van der Waals surface area contributed by atoms with Gasteiger partial charge in [-0.3, -0.25) is 4.79 Å². The summed E-state index contributed by atoms with van der Waals surface area (Å²) in [5.74, 6) is -0.389. The van der Waals surface area contributed by atoms with E-state index in [1.165, 1.54) is 89.9 Å². The molecule has 0 bridgehead atoms. The second kappa shape index (κ2) is 20.7. The lowest BCUT2D eigenvalue weighted by atomic mass is 10.0. The van der Waals surface area contributed by atoms with E-state index in [-0.39, 0.29) is 5.91 Å². The van der Waals surface area contributed by atoms with Crippen molar-refractivity contribution >= 4 is 5.91 Å². The van der Waals surface area contributed by atoms with Crippen molar-refractivity contribution in [2.24, 2.45) is 11.5 Å². The molecule has 4 nitrogen and oxygen atoms in total. The van der Waals surface area contributed by atoms with Gasteiger partial charge >= 0.3 is 0 Å². The van der Waals surface area contributed by atoms with E-state index < -0.39 is 6.04 Å². The number of carbonyl (C=O) groups is 1. The SMILES string of the molecule is CCCCCCCCCCCCCCCCNCCCC[C@H](N)C(N)=O. The molecular weight excluding hydrogens is 322 g/mol. The highest BCUT2D eigenvalue weighted by Crippen LogP contribution is 2.12. The van der Waals surface area contributed by atoms with Crippen LogP contribution in [0.2, 0.25) is 0 Å². The Kier molecular flexibility index (Phi) is 20.2. The fraction of sp³-hybridized carbons (Fsp3) is 0.955. The summed E-state index contributed by atoms with van der Waals surface area (Å²) in [5, 5.41) is 3.47. The summed E-state index contributed by atoms with van der Waals surface area (Å²) in [4.78, 5) is 10.8. The lowest BCUT2D eigenvalue weighted by molar-refractivity contribution is -0.119. The summed E-state index contributed by atoms with van der Waals surface area (Å²) in [6.07, 6.45) is 22.4. The van der Waals surface area contributed by atoms with Crippen molar-refractivity contribution in [3.05, 3.63) is 0 Å². The minimum absolute atomic E-state index is 0.389. The second-order valence-electron chi connectivity index (χ2n) is 7.85. The fourth-order valence-corrected chi connectivity index (χ4v) is 3.33. The fourth-order valence-electron chi connectivity index (χ4n) is 3.33.